The van der Waals surface area contributed by atoms with Crippen LogP contribution in [0.15, 0.2) is 12.1 Å². The fraction of sp³-hybridized carbons (Fsp3) is 0.385. The number of carboxylic acids is 1. The first-order chi connectivity index (χ1) is 9.85. The summed E-state index contributed by atoms with van der Waals surface area (Å²) in [7, 11) is 0. The van der Waals surface area contributed by atoms with Crippen LogP contribution >= 0.6 is 34.8 Å². The Balaban J connectivity index is 2.60. The molecule has 0 aliphatic carbocycles. The topological polar surface area (TPSA) is 75.6 Å². The monoisotopic (exact) mass is 353 g/mol. The van der Waals surface area contributed by atoms with Crippen molar-refractivity contribution in [2.75, 3.05) is 6.61 Å². The Labute approximate surface area is 137 Å². The van der Waals surface area contributed by atoms with Gasteiger partial charge in [0, 0.05) is 6.07 Å². The van der Waals surface area contributed by atoms with E-state index in [4.69, 9.17) is 44.6 Å². The summed E-state index contributed by atoms with van der Waals surface area (Å²) in [6.45, 7) is 1.46. The first-order valence-electron chi connectivity index (χ1n) is 6.14. The predicted octanol–water partition coefficient (Wildman–Crippen LogP) is 3.40. The Bertz CT molecular complexity index is 536. The van der Waals surface area contributed by atoms with Crippen molar-refractivity contribution in [3.63, 3.8) is 0 Å². The molecule has 0 saturated carbocycles. The molecule has 0 spiro atoms. The second kappa shape index (κ2) is 8.32. The zero-order valence-electron chi connectivity index (χ0n) is 11.2. The molecule has 2 N–H and O–H groups in total. The zero-order valence-corrected chi connectivity index (χ0v) is 13.4. The van der Waals surface area contributed by atoms with Gasteiger partial charge < -0.3 is 15.2 Å². The number of carboxylic acid groups (broad SMARTS) is 1. The van der Waals surface area contributed by atoms with Crippen LogP contribution in [0, 0.1) is 0 Å². The molecule has 0 fully saturated rings. The number of hydrogen-bond donors (Lipinski definition) is 2. The van der Waals surface area contributed by atoms with Crippen molar-refractivity contribution in [2.24, 2.45) is 0 Å². The molecule has 0 heterocycles. The van der Waals surface area contributed by atoms with E-state index in [0.717, 1.165) is 0 Å². The standard InChI is InChI=1S/C13H14Cl3NO4/c1-2-3-10(13(19)20)17-12(18)6-21-11-5-8(15)7(14)4-9(11)16/h4-5,10H,2-3,6H2,1H3,(H,17,18)(H,19,20)/t10-/m0/s1. The maximum absolute atomic E-state index is 11.7. The van der Waals surface area contributed by atoms with Gasteiger partial charge in [0.05, 0.1) is 15.1 Å². The van der Waals surface area contributed by atoms with E-state index in [2.05, 4.69) is 5.32 Å². The van der Waals surface area contributed by atoms with Gasteiger partial charge in [0.1, 0.15) is 11.8 Å². The van der Waals surface area contributed by atoms with E-state index >= 15 is 0 Å². The van der Waals surface area contributed by atoms with Gasteiger partial charge in [0.25, 0.3) is 5.91 Å². The number of nitrogens with one attached hydrogen (secondary N) is 1. The Morgan fingerprint density at radius 1 is 1.24 bits per heavy atom. The molecule has 1 amide bonds. The van der Waals surface area contributed by atoms with E-state index in [-0.39, 0.29) is 27.4 Å². The molecular formula is C13H14Cl3NO4. The number of carbonyl (C=O) groups is 2. The molecule has 116 valence electrons. The molecule has 1 rings (SSSR count). The lowest BCUT2D eigenvalue weighted by Crippen LogP contribution is -2.42. The van der Waals surface area contributed by atoms with Gasteiger partial charge >= 0.3 is 5.97 Å². The van der Waals surface area contributed by atoms with Crippen LogP contribution in [0.5, 0.6) is 5.75 Å². The van der Waals surface area contributed by atoms with Gasteiger partial charge in [-0.05, 0) is 12.5 Å². The number of halogens is 3. The van der Waals surface area contributed by atoms with Crippen molar-refractivity contribution in [1.29, 1.82) is 0 Å². The molecule has 8 heteroatoms. The predicted molar refractivity (Wildman–Crippen MR) is 81.4 cm³/mol. The lowest BCUT2D eigenvalue weighted by atomic mass is 10.2. The second-order valence-electron chi connectivity index (χ2n) is 4.23. The number of rotatable bonds is 7. The Kier molecular flexibility index (Phi) is 7.08. The number of carbonyl (C=O) groups excluding carboxylic acids is 1. The molecule has 5 nitrogen and oxygen atoms in total. The lowest BCUT2D eigenvalue weighted by molar-refractivity contribution is -0.142. The van der Waals surface area contributed by atoms with Crippen LogP contribution in [0.3, 0.4) is 0 Å². The highest BCUT2D eigenvalue weighted by Crippen LogP contribution is 2.33. The third kappa shape index (κ3) is 5.61. The highest BCUT2D eigenvalue weighted by Gasteiger charge is 2.19. The zero-order chi connectivity index (χ0) is 16.0. The Morgan fingerprint density at radius 2 is 1.86 bits per heavy atom. The molecule has 1 aromatic rings. The summed E-state index contributed by atoms with van der Waals surface area (Å²) >= 11 is 17.5. The minimum Gasteiger partial charge on any atom is -0.482 e. The fourth-order valence-corrected chi connectivity index (χ4v) is 2.13. The molecule has 0 aliphatic rings. The van der Waals surface area contributed by atoms with Gasteiger partial charge in [-0.15, -0.1) is 0 Å². The van der Waals surface area contributed by atoms with Gasteiger partial charge in [-0.1, -0.05) is 48.1 Å². The van der Waals surface area contributed by atoms with E-state index in [1.807, 2.05) is 6.92 Å². The van der Waals surface area contributed by atoms with Crippen molar-refractivity contribution < 1.29 is 19.4 Å². The van der Waals surface area contributed by atoms with Gasteiger partial charge in [0.2, 0.25) is 0 Å². The molecule has 1 aromatic carbocycles. The highest BCUT2D eigenvalue weighted by atomic mass is 35.5. The van der Waals surface area contributed by atoms with Gasteiger partial charge in [-0.25, -0.2) is 4.79 Å². The molecule has 0 bridgehead atoms. The number of hydrogen-bond acceptors (Lipinski definition) is 3. The highest BCUT2D eigenvalue weighted by molar-refractivity contribution is 6.43. The van der Waals surface area contributed by atoms with Crippen molar-refractivity contribution in [2.45, 2.75) is 25.8 Å². The van der Waals surface area contributed by atoms with E-state index in [0.29, 0.717) is 12.8 Å². The largest absolute Gasteiger partial charge is 0.482 e. The molecule has 1 atom stereocenters. The van der Waals surface area contributed by atoms with Crippen LogP contribution in [-0.4, -0.2) is 29.6 Å². The average Bonchev–Trinajstić information content (AvgIpc) is 2.40. The van der Waals surface area contributed by atoms with Crippen molar-refractivity contribution >= 4 is 46.7 Å². The summed E-state index contributed by atoms with van der Waals surface area (Å²) in [6.07, 6.45) is 0.978. The molecule has 0 unspecified atom stereocenters. The third-order valence-corrected chi connectivity index (χ3v) is 3.56. The number of ether oxygens (including phenoxy) is 1. The minimum atomic E-state index is -1.09. The Hall–Kier alpha value is -1.17. The number of aliphatic carboxylic acids is 1. The molecule has 0 aromatic heterocycles. The Morgan fingerprint density at radius 3 is 2.43 bits per heavy atom. The number of benzene rings is 1. The minimum absolute atomic E-state index is 0.198. The smallest absolute Gasteiger partial charge is 0.326 e. The SMILES string of the molecule is CCC[C@H](NC(=O)COc1cc(Cl)c(Cl)cc1Cl)C(=O)O. The molecular weight excluding hydrogens is 341 g/mol. The summed E-state index contributed by atoms with van der Waals surface area (Å²) in [5.41, 5.74) is 0. The van der Waals surface area contributed by atoms with Gasteiger partial charge in [-0.2, -0.15) is 0 Å². The van der Waals surface area contributed by atoms with Gasteiger partial charge in [-0.3, -0.25) is 4.79 Å². The third-order valence-electron chi connectivity index (χ3n) is 2.54. The van der Waals surface area contributed by atoms with Crippen molar-refractivity contribution in [1.82, 2.24) is 5.32 Å². The first-order valence-corrected chi connectivity index (χ1v) is 7.28. The molecule has 0 aliphatic heterocycles. The summed E-state index contributed by atoms with van der Waals surface area (Å²) in [6, 6.07) is 1.85. The molecule has 0 saturated heterocycles. The quantitative estimate of drug-likeness (QED) is 0.736. The van der Waals surface area contributed by atoms with Crippen LogP contribution in [0.4, 0.5) is 0 Å². The molecule has 21 heavy (non-hydrogen) atoms. The fourth-order valence-electron chi connectivity index (χ4n) is 1.54. The van der Waals surface area contributed by atoms with Crippen LogP contribution in [-0.2, 0) is 9.59 Å². The first kappa shape index (κ1) is 17.9. The van der Waals surface area contributed by atoms with Crippen molar-refractivity contribution in [3.05, 3.63) is 27.2 Å². The van der Waals surface area contributed by atoms with E-state index in [1.54, 1.807) is 0 Å². The van der Waals surface area contributed by atoms with E-state index in [9.17, 15) is 9.59 Å². The summed E-state index contributed by atoms with van der Waals surface area (Å²) in [4.78, 5) is 22.6. The summed E-state index contributed by atoms with van der Waals surface area (Å²) in [5.74, 6) is -1.45. The van der Waals surface area contributed by atoms with E-state index in [1.165, 1.54) is 12.1 Å². The number of amides is 1. The van der Waals surface area contributed by atoms with Gasteiger partial charge in [0.15, 0.2) is 6.61 Å². The maximum atomic E-state index is 11.7. The summed E-state index contributed by atoms with van der Waals surface area (Å²) < 4.78 is 5.21. The molecule has 0 radical (unpaired) electrons. The van der Waals surface area contributed by atoms with Crippen LogP contribution in [0.1, 0.15) is 19.8 Å². The van der Waals surface area contributed by atoms with E-state index < -0.39 is 17.9 Å². The van der Waals surface area contributed by atoms with Crippen LogP contribution in [0.25, 0.3) is 0 Å². The summed E-state index contributed by atoms with van der Waals surface area (Å²) in [5, 5.41) is 12.0. The van der Waals surface area contributed by atoms with Crippen LogP contribution in [0.2, 0.25) is 15.1 Å². The second-order valence-corrected chi connectivity index (χ2v) is 5.45. The maximum Gasteiger partial charge on any atom is 0.326 e. The normalized spacial score (nSPS) is 11.8. The van der Waals surface area contributed by atoms with Crippen molar-refractivity contribution in [3.8, 4) is 5.75 Å². The average molecular weight is 355 g/mol. The van der Waals surface area contributed by atoms with Crippen LogP contribution < -0.4 is 10.1 Å². The lowest BCUT2D eigenvalue weighted by Gasteiger charge is -2.14.